The van der Waals surface area contributed by atoms with E-state index in [0.29, 0.717) is 25.9 Å². The first kappa shape index (κ1) is 66.3. The molecule has 0 radical (unpaired) electrons. The number of rotatable bonds is 57. The number of aliphatic hydroxyl groups is 2. The largest absolute Gasteiger partial charge is 0.466 e. The summed E-state index contributed by atoms with van der Waals surface area (Å²) in [5.74, 6) is -0.0372. The van der Waals surface area contributed by atoms with Crippen LogP contribution in [0.1, 0.15) is 335 Å². The van der Waals surface area contributed by atoms with Gasteiger partial charge in [0.15, 0.2) is 0 Å². The van der Waals surface area contributed by atoms with Crippen molar-refractivity contribution in [2.75, 3.05) is 13.2 Å². The van der Waals surface area contributed by atoms with Crippen LogP contribution < -0.4 is 5.32 Å². The van der Waals surface area contributed by atoms with Gasteiger partial charge in [-0.2, -0.15) is 0 Å². The Balaban J connectivity index is 3.40. The molecule has 402 valence electrons. The molecule has 0 saturated carbocycles. The Bertz CT molecular complexity index is 1060. The van der Waals surface area contributed by atoms with Crippen molar-refractivity contribution in [3.8, 4) is 0 Å². The summed E-state index contributed by atoms with van der Waals surface area (Å²) < 4.78 is 5.49. The van der Waals surface area contributed by atoms with Gasteiger partial charge in [-0.15, -0.1) is 0 Å². The fraction of sp³-hybridized carbons (Fsp3) is 0.903. The van der Waals surface area contributed by atoms with Gasteiger partial charge in [-0.3, -0.25) is 9.59 Å². The molecule has 2 unspecified atom stereocenters. The zero-order chi connectivity index (χ0) is 49.3. The summed E-state index contributed by atoms with van der Waals surface area (Å²) >= 11 is 0. The molecule has 6 nitrogen and oxygen atoms in total. The van der Waals surface area contributed by atoms with Crippen LogP contribution in [0, 0.1) is 0 Å². The number of amides is 1. The quantitative estimate of drug-likeness (QED) is 0.0321. The van der Waals surface area contributed by atoms with E-state index in [2.05, 4.69) is 43.5 Å². The highest BCUT2D eigenvalue weighted by Gasteiger charge is 2.20. The fourth-order valence-electron chi connectivity index (χ4n) is 9.51. The number of esters is 1. The fourth-order valence-corrected chi connectivity index (χ4v) is 9.51. The van der Waals surface area contributed by atoms with Crippen LogP contribution in [0.5, 0.6) is 0 Å². The summed E-state index contributed by atoms with van der Waals surface area (Å²) in [7, 11) is 0. The molecule has 0 fully saturated rings. The molecular weight excluding hydrogens is 839 g/mol. The van der Waals surface area contributed by atoms with Gasteiger partial charge in [0.05, 0.1) is 25.4 Å². The van der Waals surface area contributed by atoms with Gasteiger partial charge in [0, 0.05) is 12.8 Å². The van der Waals surface area contributed by atoms with Crippen molar-refractivity contribution in [2.45, 2.75) is 347 Å². The Hall–Kier alpha value is -1.66. The number of allylic oxidation sites excluding steroid dienone is 4. The summed E-state index contributed by atoms with van der Waals surface area (Å²) in [6.07, 6.45) is 70.4. The van der Waals surface area contributed by atoms with Gasteiger partial charge < -0.3 is 20.3 Å². The first-order valence-corrected chi connectivity index (χ1v) is 30.6. The number of ether oxygens (including phenoxy) is 1. The maximum absolute atomic E-state index is 12.4. The zero-order valence-electron chi connectivity index (χ0n) is 45.9. The molecule has 3 N–H and O–H groups in total. The third-order valence-corrected chi connectivity index (χ3v) is 14.2. The molecule has 0 saturated heterocycles. The minimum atomic E-state index is -0.668. The molecule has 2 atom stereocenters. The molecule has 6 heteroatoms. The van der Waals surface area contributed by atoms with Gasteiger partial charge in [-0.05, 0) is 77.0 Å². The van der Waals surface area contributed by atoms with E-state index in [1.54, 1.807) is 0 Å². The van der Waals surface area contributed by atoms with E-state index in [1.807, 2.05) is 0 Å². The highest BCUT2D eigenvalue weighted by Crippen LogP contribution is 2.17. The highest BCUT2D eigenvalue weighted by molar-refractivity contribution is 5.76. The maximum atomic E-state index is 12.4. The topological polar surface area (TPSA) is 95.9 Å². The number of carbonyl (C=O) groups excluding carboxylic acids is 2. The van der Waals surface area contributed by atoms with E-state index in [1.165, 1.54) is 257 Å². The minimum absolute atomic E-state index is 0.00610. The number of aliphatic hydroxyl groups excluding tert-OH is 2. The van der Waals surface area contributed by atoms with Crippen molar-refractivity contribution < 1.29 is 24.5 Å². The summed E-state index contributed by atoms with van der Waals surface area (Å²) in [5.41, 5.74) is 0. The van der Waals surface area contributed by atoms with Crippen LogP contribution in [0.25, 0.3) is 0 Å². The first-order valence-electron chi connectivity index (χ1n) is 30.6. The summed E-state index contributed by atoms with van der Waals surface area (Å²) in [6.45, 7) is 4.95. The Morgan fingerprint density at radius 1 is 0.397 bits per heavy atom. The normalized spacial score (nSPS) is 12.7. The van der Waals surface area contributed by atoms with Crippen LogP contribution in [0.2, 0.25) is 0 Å². The lowest BCUT2D eigenvalue weighted by Gasteiger charge is -2.22. The van der Waals surface area contributed by atoms with Crippen molar-refractivity contribution in [3.05, 3.63) is 24.3 Å². The molecule has 0 rings (SSSR count). The van der Waals surface area contributed by atoms with Gasteiger partial charge >= 0.3 is 5.97 Å². The van der Waals surface area contributed by atoms with Crippen LogP contribution in [-0.2, 0) is 14.3 Å². The molecular formula is C62H119NO5. The minimum Gasteiger partial charge on any atom is -0.466 e. The van der Waals surface area contributed by atoms with Gasteiger partial charge in [-0.25, -0.2) is 0 Å². The van der Waals surface area contributed by atoms with Crippen molar-refractivity contribution in [1.29, 1.82) is 0 Å². The monoisotopic (exact) mass is 958 g/mol. The van der Waals surface area contributed by atoms with Crippen LogP contribution in [-0.4, -0.2) is 47.4 Å². The Morgan fingerprint density at radius 2 is 0.691 bits per heavy atom. The molecule has 0 bridgehead atoms. The number of unbranched alkanes of at least 4 members (excludes halogenated alkanes) is 42. The van der Waals surface area contributed by atoms with E-state index in [4.69, 9.17) is 4.74 Å². The predicted octanol–water partition coefficient (Wildman–Crippen LogP) is 19.0. The average molecular weight is 959 g/mol. The Labute approximate surface area is 424 Å². The highest BCUT2D eigenvalue weighted by atomic mass is 16.5. The maximum Gasteiger partial charge on any atom is 0.305 e. The zero-order valence-corrected chi connectivity index (χ0v) is 45.9. The molecule has 0 aliphatic rings. The summed E-state index contributed by atoms with van der Waals surface area (Å²) in [4.78, 5) is 24.5. The van der Waals surface area contributed by atoms with Gasteiger partial charge in [0.1, 0.15) is 0 Å². The lowest BCUT2D eigenvalue weighted by molar-refractivity contribution is -0.143. The molecule has 1 amide bonds. The average Bonchev–Trinajstić information content (AvgIpc) is 3.34. The Morgan fingerprint density at radius 3 is 1.04 bits per heavy atom. The number of hydrogen-bond donors (Lipinski definition) is 3. The van der Waals surface area contributed by atoms with E-state index >= 15 is 0 Å². The van der Waals surface area contributed by atoms with Gasteiger partial charge in [0.25, 0.3) is 0 Å². The van der Waals surface area contributed by atoms with Crippen LogP contribution in [0.15, 0.2) is 24.3 Å². The second-order valence-corrected chi connectivity index (χ2v) is 21.0. The number of nitrogens with one attached hydrogen (secondary N) is 1. The van der Waals surface area contributed by atoms with Gasteiger partial charge in [-0.1, -0.05) is 269 Å². The standard InChI is InChI=1S/C62H119NO5/c1-3-5-7-9-11-13-15-17-18-19-22-26-29-32-36-40-44-48-52-56-62(67)68-57-53-49-45-41-37-33-30-27-24-21-20-23-25-28-31-35-39-43-47-51-55-61(66)63-59(58-64)60(65)54-50-46-42-38-34-16-14-12-10-8-6-4-2/h17-18,20,23,59-60,64-65H,3-16,19,21-22,24-58H2,1-2H3,(H,63,66)/b18-17-,23-20-. The molecule has 0 spiro atoms. The van der Waals surface area contributed by atoms with E-state index in [0.717, 1.165) is 44.9 Å². The van der Waals surface area contributed by atoms with Crippen LogP contribution >= 0.6 is 0 Å². The Kier molecular flexibility index (Phi) is 56.5. The lowest BCUT2D eigenvalue weighted by Crippen LogP contribution is -2.45. The summed E-state index contributed by atoms with van der Waals surface area (Å²) in [5, 5.41) is 23.2. The third kappa shape index (κ3) is 53.7. The molecule has 0 aromatic heterocycles. The molecule has 68 heavy (non-hydrogen) atoms. The number of hydrogen-bond acceptors (Lipinski definition) is 5. The van der Waals surface area contributed by atoms with Crippen LogP contribution in [0.3, 0.4) is 0 Å². The van der Waals surface area contributed by atoms with E-state index in [9.17, 15) is 19.8 Å². The van der Waals surface area contributed by atoms with Crippen molar-refractivity contribution in [1.82, 2.24) is 5.32 Å². The first-order chi connectivity index (χ1) is 33.5. The number of carbonyl (C=O) groups is 2. The second-order valence-electron chi connectivity index (χ2n) is 21.0. The summed E-state index contributed by atoms with van der Waals surface area (Å²) in [6, 6.07) is -0.547. The molecule has 0 aliphatic heterocycles. The molecule has 0 aliphatic carbocycles. The lowest BCUT2D eigenvalue weighted by atomic mass is 10.0. The smallest absolute Gasteiger partial charge is 0.305 e. The predicted molar refractivity (Wildman–Crippen MR) is 296 cm³/mol. The molecule has 0 heterocycles. The van der Waals surface area contributed by atoms with E-state index in [-0.39, 0.29) is 18.5 Å². The molecule has 0 aromatic carbocycles. The van der Waals surface area contributed by atoms with E-state index < -0.39 is 12.1 Å². The van der Waals surface area contributed by atoms with Crippen molar-refractivity contribution in [3.63, 3.8) is 0 Å². The SMILES string of the molecule is CCCCCCCC/C=C\CCCCCCCCCCCC(=O)OCCCCCCCCCCC/C=C\CCCCCCCCCC(=O)NC(CO)C(O)CCCCCCCCCCCCCC. The van der Waals surface area contributed by atoms with Crippen molar-refractivity contribution in [2.24, 2.45) is 0 Å². The van der Waals surface area contributed by atoms with Crippen LogP contribution in [0.4, 0.5) is 0 Å². The van der Waals surface area contributed by atoms with Gasteiger partial charge in [0.2, 0.25) is 5.91 Å². The van der Waals surface area contributed by atoms with Crippen molar-refractivity contribution >= 4 is 11.9 Å². The molecule has 0 aromatic rings. The second kappa shape index (κ2) is 57.9. The third-order valence-electron chi connectivity index (χ3n) is 14.2.